The van der Waals surface area contributed by atoms with Crippen molar-refractivity contribution in [3.8, 4) is 11.3 Å². The Labute approximate surface area is 156 Å². The summed E-state index contributed by atoms with van der Waals surface area (Å²) in [4.78, 5) is 11.4. The van der Waals surface area contributed by atoms with Crippen molar-refractivity contribution in [2.75, 3.05) is 18.0 Å². The van der Waals surface area contributed by atoms with Gasteiger partial charge in [0.05, 0.1) is 5.69 Å². The number of fused-ring (bicyclic) bond motifs is 1. The van der Waals surface area contributed by atoms with E-state index in [4.69, 9.17) is 0 Å². The van der Waals surface area contributed by atoms with Gasteiger partial charge in [-0.3, -0.25) is 0 Å². The molecular formula is C19H20N8. The van der Waals surface area contributed by atoms with E-state index in [2.05, 4.69) is 48.4 Å². The first-order valence-electron chi connectivity index (χ1n) is 9.14. The molecule has 0 saturated carbocycles. The van der Waals surface area contributed by atoms with E-state index >= 15 is 0 Å². The topological polar surface area (TPSA) is 77.0 Å². The lowest BCUT2D eigenvalue weighted by Crippen LogP contribution is -2.36. The van der Waals surface area contributed by atoms with E-state index in [0.717, 1.165) is 48.8 Å². The van der Waals surface area contributed by atoms with Crippen molar-refractivity contribution in [2.24, 2.45) is 7.05 Å². The zero-order valence-electron chi connectivity index (χ0n) is 15.1. The molecule has 8 heteroatoms. The van der Waals surface area contributed by atoms with Gasteiger partial charge < -0.3 is 9.47 Å². The molecule has 0 spiro atoms. The molecule has 1 saturated heterocycles. The summed E-state index contributed by atoms with van der Waals surface area (Å²) >= 11 is 0. The fraction of sp³-hybridized carbons (Fsp3) is 0.316. The summed E-state index contributed by atoms with van der Waals surface area (Å²) in [5.41, 5.74) is 1.98. The fourth-order valence-electron chi connectivity index (χ4n) is 3.84. The van der Waals surface area contributed by atoms with Gasteiger partial charge in [0.15, 0.2) is 0 Å². The first kappa shape index (κ1) is 15.9. The summed E-state index contributed by atoms with van der Waals surface area (Å²) in [6.45, 7) is 1.85. The second-order valence-corrected chi connectivity index (χ2v) is 6.92. The van der Waals surface area contributed by atoms with E-state index < -0.39 is 0 Å². The molecule has 0 amide bonds. The zero-order chi connectivity index (χ0) is 18.2. The van der Waals surface area contributed by atoms with Crippen molar-refractivity contribution >= 4 is 11.6 Å². The minimum atomic E-state index is 0.346. The summed E-state index contributed by atoms with van der Waals surface area (Å²) in [5.74, 6) is 3.01. The van der Waals surface area contributed by atoms with Gasteiger partial charge in [-0.1, -0.05) is 30.3 Å². The maximum Gasteiger partial charge on any atom is 0.254 e. The lowest BCUT2D eigenvalue weighted by Gasteiger charge is -2.33. The van der Waals surface area contributed by atoms with Gasteiger partial charge in [-0.15, -0.1) is 10.2 Å². The Morgan fingerprint density at radius 2 is 2.04 bits per heavy atom. The van der Waals surface area contributed by atoms with E-state index in [-0.39, 0.29) is 0 Å². The third-order valence-corrected chi connectivity index (χ3v) is 5.16. The molecule has 27 heavy (non-hydrogen) atoms. The number of nitrogens with zero attached hydrogens (tertiary/aromatic N) is 8. The standard InChI is InChI=1S/C19H20N8/c1-25-13-21-24-18(25)15-8-5-9-26(11-15)17-10-16(14-6-3-2-4-7-14)23-19-20-12-22-27(17)19/h2-4,6-7,10,12-13,15H,5,8-9,11H2,1H3. The van der Waals surface area contributed by atoms with Gasteiger partial charge in [0.25, 0.3) is 5.78 Å². The summed E-state index contributed by atoms with van der Waals surface area (Å²) in [6, 6.07) is 12.3. The van der Waals surface area contributed by atoms with Crippen LogP contribution in [0.4, 0.5) is 5.82 Å². The van der Waals surface area contributed by atoms with Crippen LogP contribution in [0.2, 0.25) is 0 Å². The number of anilines is 1. The normalized spacial score (nSPS) is 17.5. The van der Waals surface area contributed by atoms with Gasteiger partial charge in [-0.25, -0.2) is 4.98 Å². The average Bonchev–Trinajstić information content (AvgIpc) is 3.36. The highest BCUT2D eigenvalue weighted by Gasteiger charge is 2.27. The van der Waals surface area contributed by atoms with E-state index in [1.165, 1.54) is 0 Å². The van der Waals surface area contributed by atoms with E-state index in [1.54, 1.807) is 12.7 Å². The summed E-state index contributed by atoms with van der Waals surface area (Å²) < 4.78 is 3.84. The molecule has 4 heterocycles. The molecule has 1 unspecified atom stereocenters. The number of rotatable bonds is 3. The number of aromatic nitrogens is 7. The third kappa shape index (κ3) is 2.83. The summed E-state index contributed by atoms with van der Waals surface area (Å²) in [6.07, 6.45) is 5.53. The van der Waals surface area contributed by atoms with Crippen LogP contribution in [0.5, 0.6) is 0 Å². The van der Waals surface area contributed by atoms with Crippen molar-refractivity contribution in [1.82, 2.24) is 34.3 Å². The van der Waals surface area contributed by atoms with Crippen LogP contribution in [-0.2, 0) is 7.05 Å². The predicted octanol–water partition coefficient (Wildman–Crippen LogP) is 2.30. The van der Waals surface area contributed by atoms with Crippen LogP contribution in [0.15, 0.2) is 49.1 Å². The molecule has 1 aliphatic rings. The lowest BCUT2D eigenvalue weighted by atomic mass is 9.97. The smallest absolute Gasteiger partial charge is 0.254 e. The highest BCUT2D eigenvalue weighted by molar-refractivity contribution is 5.65. The average molecular weight is 360 g/mol. The number of benzene rings is 1. The Morgan fingerprint density at radius 1 is 1.15 bits per heavy atom. The summed E-state index contributed by atoms with van der Waals surface area (Å²) in [5, 5.41) is 12.8. The second-order valence-electron chi connectivity index (χ2n) is 6.92. The molecule has 0 aliphatic carbocycles. The van der Waals surface area contributed by atoms with Gasteiger partial charge in [-0.2, -0.15) is 14.6 Å². The van der Waals surface area contributed by atoms with Crippen molar-refractivity contribution in [3.05, 3.63) is 54.9 Å². The monoisotopic (exact) mass is 360 g/mol. The van der Waals surface area contributed by atoms with Crippen LogP contribution in [0, 0.1) is 0 Å². The van der Waals surface area contributed by atoms with Crippen molar-refractivity contribution in [2.45, 2.75) is 18.8 Å². The molecular weight excluding hydrogens is 340 g/mol. The van der Waals surface area contributed by atoms with Crippen molar-refractivity contribution in [1.29, 1.82) is 0 Å². The second kappa shape index (κ2) is 6.46. The molecule has 0 N–H and O–H groups in total. The molecule has 1 aromatic carbocycles. The predicted molar refractivity (Wildman–Crippen MR) is 101 cm³/mol. The quantitative estimate of drug-likeness (QED) is 0.558. The Balaban J connectivity index is 1.56. The Kier molecular flexibility index (Phi) is 3.81. The Bertz CT molecular complexity index is 1070. The molecule has 0 radical (unpaired) electrons. The first-order valence-corrected chi connectivity index (χ1v) is 9.14. The fourth-order valence-corrected chi connectivity index (χ4v) is 3.84. The van der Waals surface area contributed by atoms with Gasteiger partial charge in [0.2, 0.25) is 0 Å². The minimum Gasteiger partial charge on any atom is -0.356 e. The van der Waals surface area contributed by atoms with E-state index in [0.29, 0.717) is 11.7 Å². The SMILES string of the molecule is Cn1cnnc1C1CCCN(c2cc(-c3ccccc3)nc3ncnn23)C1. The Morgan fingerprint density at radius 3 is 2.85 bits per heavy atom. The Hall–Kier alpha value is -3.29. The lowest BCUT2D eigenvalue weighted by molar-refractivity contribution is 0.475. The maximum atomic E-state index is 4.68. The molecule has 136 valence electrons. The van der Waals surface area contributed by atoms with E-state index in [1.807, 2.05) is 34.3 Å². The summed E-state index contributed by atoms with van der Waals surface area (Å²) in [7, 11) is 2.00. The molecule has 1 fully saturated rings. The van der Waals surface area contributed by atoms with E-state index in [9.17, 15) is 0 Å². The maximum absolute atomic E-state index is 4.68. The van der Waals surface area contributed by atoms with Gasteiger partial charge in [-0.05, 0) is 12.8 Å². The van der Waals surface area contributed by atoms with Gasteiger partial charge in [0.1, 0.15) is 24.3 Å². The molecule has 1 aliphatic heterocycles. The highest BCUT2D eigenvalue weighted by Crippen LogP contribution is 2.30. The number of aryl methyl sites for hydroxylation is 1. The van der Waals surface area contributed by atoms with Crippen LogP contribution in [0.3, 0.4) is 0 Å². The third-order valence-electron chi connectivity index (χ3n) is 5.16. The molecule has 0 bridgehead atoms. The van der Waals surface area contributed by atoms with Crippen molar-refractivity contribution < 1.29 is 0 Å². The number of hydrogen-bond acceptors (Lipinski definition) is 6. The van der Waals surface area contributed by atoms with Crippen molar-refractivity contribution in [3.63, 3.8) is 0 Å². The molecule has 5 rings (SSSR count). The van der Waals surface area contributed by atoms with Crippen LogP contribution in [0.1, 0.15) is 24.6 Å². The van der Waals surface area contributed by atoms with Gasteiger partial charge in [0, 0.05) is 37.7 Å². The molecule has 8 nitrogen and oxygen atoms in total. The van der Waals surface area contributed by atoms with Gasteiger partial charge >= 0.3 is 0 Å². The highest BCUT2D eigenvalue weighted by atomic mass is 15.4. The van der Waals surface area contributed by atoms with Crippen LogP contribution in [-0.4, -0.2) is 47.4 Å². The first-order chi connectivity index (χ1) is 13.3. The number of hydrogen-bond donors (Lipinski definition) is 0. The van der Waals surface area contributed by atoms with Crippen LogP contribution >= 0.6 is 0 Å². The van der Waals surface area contributed by atoms with Crippen LogP contribution < -0.4 is 4.90 Å². The van der Waals surface area contributed by atoms with Crippen LogP contribution in [0.25, 0.3) is 17.0 Å². The number of piperidine rings is 1. The largest absolute Gasteiger partial charge is 0.356 e. The molecule has 3 aromatic heterocycles. The minimum absolute atomic E-state index is 0.346. The molecule has 4 aromatic rings. The zero-order valence-corrected chi connectivity index (χ0v) is 15.1. The molecule has 1 atom stereocenters.